The first kappa shape index (κ1) is 29.5. The van der Waals surface area contributed by atoms with Crippen LogP contribution in [0.15, 0.2) is 36.5 Å². The highest BCUT2D eigenvalue weighted by atomic mass is 35.5. The number of benzene rings is 2. The summed E-state index contributed by atoms with van der Waals surface area (Å²) in [6.45, 7) is 2.72. The second-order valence-electron chi connectivity index (χ2n) is 10.9. The molecule has 0 aliphatic carbocycles. The van der Waals surface area contributed by atoms with Gasteiger partial charge < -0.3 is 29.3 Å². The van der Waals surface area contributed by atoms with Gasteiger partial charge in [-0.2, -0.15) is 4.39 Å². The van der Waals surface area contributed by atoms with Crippen molar-refractivity contribution in [2.45, 2.75) is 0 Å². The number of likely N-dealkylation sites (N-methyl/N-ethyl adjacent to an activating group) is 1. The largest absolute Gasteiger partial charge is 0.494 e. The SMILES string of the molecule is COc1ccc(-c2cnc(C(=O)Nc3ccc(C(=O)N4CC5CN(C(=O)CN(C)C)CC5C4)c(Cl)c3)n2C)c(F)c1F. The highest BCUT2D eigenvalue weighted by Gasteiger charge is 2.43. The van der Waals surface area contributed by atoms with Gasteiger partial charge in [-0.3, -0.25) is 14.4 Å². The second kappa shape index (κ2) is 11.7. The number of nitrogens with zero attached hydrogens (tertiary/aromatic N) is 5. The smallest absolute Gasteiger partial charge is 0.291 e. The number of hydrogen-bond donors (Lipinski definition) is 1. The van der Waals surface area contributed by atoms with Crippen LogP contribution in [0, 0.1) is 23.5 Å². The number of carbonyl (C=O) groups excluding carboxylic acids is 3. The lowest BCUT2D eigenvalue weighted by Gasteiger charge is -2.23. The molecule has 2 aromatic carbocycles. The highest BCUT2D eigenvalue weighted by molar-refractivity contribution is 6.34. The van der Waals surface area contributed by atoms with Crippen molar-refractivity contribution in [3.63, 3.8) is 0 Å². The monoisotopic (exact) mass is 600 g/mol. The third-order valence-corrected chi connectivity index (χ3v) is 8.08. The first-order valence-corrected chi connectivity index (χ1v) is 13.7. The van der Waals surface area contributed by atoms with Crippen LogP contribution in [0.1, 0.15) is 21.0 Å². The molecule has 2 unspecified atom stereocenters. The van der Waals surface area contributed by atoms with E-state index >= 15 is 0 Å². The van der Waals surface area contributed by atoms with E-state index in [1.807, 2.05) is 23.9 Å². The Bertz CT molecular complexity index is 1550. The fourth-order valence-electron chi connectivity index (χ4n) is 5.61. The van der Waals surface area contributed by atoms with Gasteiger partial charge in [0, 0.05) is 56.3 Å². The van der Waals surface area contributed by atoms with Crippen LogP contribution >= 0.6 is 11.6 Å². The lowest BCUT2D eigenvalue weighted by atomic mass is 10.0. The van der Waals surface area contributed by atoms with Crippen molar-refractivity contribution in [2.24, 2.45) is 18.9 Å². The van der Waals surface area contributed by atoms with Crippen LogP contribution in [-0.2, 0) is 11.8 Å². The number of likely N-dealkylation sites (tertiary alicyclic amines) is 2. The number of aromatic nitrogens is 2. The van der Waals surface area contributed by atoms with Gasteiger partial charge in [-0.25, -0.2) is 9.37 Å². The average Bonchev–Trinajstić information content (AvgIpc) is 3.63. The van der Waals surface area contributed by atoms with Crippen LogP contribution in [0.5, 0.6) is 5.75 Å². The van der Waals surface area contributed by atoms with Crippen molar-refractivity contribution in [1.82, 2.24) is 24.3 Å². The molecule has 2 fully saturated rings. The molecular formula is C29H31ClF2N6O4. The van der Waals surface area contributed by atoms with Gasteiger partial charge in [0.15, 0.2) is 17.4 Å². The van der Waals surface area contributed by atoms with Crippen molar-refractivity contribution >= 4 is 35.0 Å². The van der Waals surface area contributed by atoms with E-state index in [9.17, 15) is 23.2 Å². The lowest BCUT2D eigenvalue weighted by molar-refractivity contribution is -0.131. The van der Waals surface area contributed by atoms with Crippen LogP contribution in [0.4, 0.5) is 14.5 Å². The van der Waals surface area contributed by atoms with Gasteiger partial charge in [-0.15, -0.1) is 0 Å². The zero-order valence-corrected chi connectivity index (χ0v) is 24.4. The van der Waals surface area contributed by atoms with Gasteiger partial charge in [0.2, 0.25) is 11.7 Å². The minimum Gasteiger partial charge on any atom is -0.494 e. The fraction of sp³-hybridized carbons (Fsp3) is 0.379. The van der Waals surface area contributed by atoms with Gasteiger partial charge in [-0.1, -0.05) is 11.6 Å². The average molecular weight is 601 g/mol. The highest BCUT2D eigenvalue weighted by Crippen LogP contribution is 2.34. The number of hydrogen-bond acceptors (Lipinski definition) is 6. The van der Waals surface area contributed by atoms with Crippen LogP contribution in [-0.4, -0.2) is 95.9 Å². The molecule has 3 aromatic rings. The number of carbonyl (C=O) groups is 3. The van der Waals surface area contributed by atoms with Crippen LogP contribution in [0.25, 0.3) is 11.3 Å². The van der Waals surface area contributed by atoms with Crippen LogP contribution in [0.2, 0.25) is 5.02 Å². The van der Waals surface area contributed by atoms with E-state index in [0.717, 1.165) is 0 Å². The minimum absolute atomic E-state index is 0.0429. The normalized spacial score (nSPS) is 18.0. The summed E-state index contributed by atoms with van der Waals surface area (Å²) < 4.78 is 35.0. The van der Waals surface area contributed by atoms with Crippen molar-refractivity contribution < 1.29 is 27.9 Å². The lowest BCUT2D eigenvalue weighted by Crippen LogP contribution is -2.39. The molecular weight excluding hydrogens is 570 g/mol. The summed E-state index contributed by atoms with van der Waals surface area (Å²) in [6, 6.07) is 7.24. The number of halogens is 3. The molecule has 2 aliphatic rings. The quantitative estimate of drug-likeness (QED) is 0.446. The molecule has 10 nitrogen and oxygen atoms in total. The number of amides is 3. The van der Waals surface area contributed by atoms with Crippen molar-refractivity contribution in [3.8, 4) is 17.0 Å². The molecule has 0 bridgehead atoms. The molecule has 42 heavy (non-hydrogen) atoms. The molecule has 3 amide bonds. The Morgan fingerprint density at radius 3 is 2.33 bits per heavy atom. The Balaban J connectivity index is 1.23. The summed E-state index contributed by atoms with van der Waals surface area (Å²) in [6.07, 6.45) is 1.27. The number of methoxy groups -OCH3 is 1. The summed E-state index contributed by atoms with van der Waals surface area (Å²) in [5, 5.41) is 2.86. The van der Waals surface area contributed by atoms with Gasteiger partial charge >= 0.3 is 0 Å². The summed E-state index contributed by atoms with van der Waals surface area (Å²) >= 11 is 6.47. The molecule has 0 spiro atoms. The van der Waals surface area contributed by atoms with E-state index in [1.54, 1.807) is 17.0 Å². The first-order chi connectivity index (χ1) is 20.0. The molecule has 3 heterocycles. The Labute approximate surface area is 246 Å². The van der Waals surface area contributed by atoms with E-state index in [2.05, 4.69) is 10.3 Å². The molecule has 1 N–H and O–H groups in total. The third-order valence-electron chi connectivity index (χ3n) is 7.77. The maximum Gasteiger partial charge on any atom is 0.291 e. The number of rotatable bonds is 7. The molecule has 0 radical (unpaired) electrons. The second-order valence-corrected chi connectivity index (χ2v) is 11.3. The minimum atomic E-state index is -1.14. The summed E-state index contributed by atoms with van der Waals surface area (Å²) in [5.41, 5.74) is 0.763. The predicted molar refractivity (Wildman–Crippen MR) is 153 cm³/mol. The first-order valence-electron chi connectivity index (χ1n) is 13.3. The van der Waals surface area contributed by atoms with Gasteiger partial charge in [0.1, 0.15) is 0 Å². The standard InChI is InChI=1S/C29H31ClF2N6O4/c1-35(2)15-24(39)37-11-16-13-38(14-17(16)12-37)29(41)19-6-5-18(9-21(19)30)34-28(40)27-33-10-22(36(27)3)20-7-8-23(42-4)26(32)25(20)31/h5-10,16-17H,11-15H2,1-4H3,(H,34,40). The predicted octanol–water partition coefficient (Wildman–Crippen LogP) is 3.37. The molecule has 13 heteroatoms. The topological polar surface area (TPSA) is 100 Å². The zero-order chi connectivity index (χ0) is 30.3. The Morgan fingerprint density at radius 1 is 1.05 bits per heavy atom. The molecule has 2 saturated heterocycles. The van der Waals surface area contributed by atoms with Crippen LogP contribution < -0.4 is 10.1 Å². The van der Waals surface area contributed by atoms with Gasteiger partial charge in [0.25, 0.3) is 11.8 Å². The zero-order valence-electron chi connectivity index (χ0n) is 23.7. The van der Waals surface area contributed by atoms with Crippen molar-refractivity contribution in [2.75, 3.05) is 59.2 Å². The van der Waals surface area contributed by atoms with Gasteiger partial charge in [-0.05, 0) is 44.4 Å². The third kappa shape index (κ3) is 5.56. The maximum absolute atomic E-state index is 14.6. The fourth-order valence-corrected chi connectivity index (χ4v) is 5.88. The Morgan fingerprint density at radius 2 is 1.71 bits per heavy atom. The maximum atomic E-state index is 14.6. The molecule has 222 valence electrons. The number of imidazole rings is 1. The van der Waals surface area contributed by atoms with E-state index in [0.29, 0.717) is 44.0 Å². The number of anilines is 1. The Kier molecular flexibility index (Phi) is 8.20. The van der Waals surface area contributed by atoms with E-state index < -0.39 is 17.5 Å². The summed E-state index contributed by atoms with van der Waals surface area (Å²) in [4.78, 5) is 48.3. The van der Waals surface area contributed by atoms with Crippen molar-refractivity contribution in [3.05, 3.63) is 64.6 Å². The number of fused-ring (bicyclic) bond motifs is 1. The number of ether oxygens (including phenoxy) is 1. The molecule has 0 saturated carbocycles. The van der Waals surface area contributed by atoms with E-state index in [1.165, 1.54) is 43.1 Å². The summed E-state index contributed by atoms with van der Waals surface area (Å²) in [7, 11) is 6.47. The van der Waals surface area contributed by atoms with Gasteiger partial charge in [0.05, 0.1) is 36.1 Å². The number of nitrogens with one attached hydrogen (secondary N) is 1. The van der Waals surface area contributed by atoms with E-state index in [4.69, 9.17) is 16.3 Å². The molecule has 5 rings (SSSR count). The summed E-state index contributed by atoms with van der Waals surface area (Å²) in [5.74, 6) is -2.80. The molecule has 2 atom stereocenters. The van der Waals surface area contributed by atoms with Crippen molar-refractivity contribution in [1.29, 1.82) is 0 Å². The Hall–Kier alpha value is -4.03. The molecule has 1 aromatic heterocycles. The molecule has 2 aliphatic heterocycles. The van der Waals surface area contributed by atoms with Crippen LogP contribution in [0.3, 0.4) is 0 Å². The van der Waals surface area contributed by atoms with E-state index in [-0.39, 0.29) is 51.5 Å².